The van der Waals surface area contributed by atoms with E-state index in [0.717, 1.165) is 5.56 Å². The third kappa shape index (κ3) is 6.30. The van der Waals surface area contributed by atoms with Crippen LogP contribution in [-0.2, 0) is 10.0 Å². The number of guanidine groups is 1. The van der Waals surface area contributed by atoms with Gasteiger partial charge in [-0.1, -0.05) is 18.2 Å². The van der Waals surface area contributed by atoms with Crippen molar-refractivity contribution in [1.29, 1.82) is 0 Å². The number of sulfonamides is 1. The second-order valence-electron chi connectivity index (χ2n) is 5.97. The van der Waals surface area contributed by atoms with E-state index in [2.05, 4.69) is 20.3 Å². The molecule has 148 valence electrons. The summed E-state index contributed by atoms with van der Waals surface area (Å²) in [5.74, 6) is 0.298. The van der Waals surface area contributed by atoms with Crippen LogP contribution in [0.5, 0.6) is 0 Å². The predicted octanol–water partition coefficient (Wildman–Crippen LogP) is 2.79. The molecule has 0 fully saturated rings. The zero-order chi connectivity index (χ0) is 19.9. The van der Waals surface area contributed by atoms with Gasteiger partial charge in [0.15, 0.2) is 5.96 Å². The molecule has 1 unspecified atom stereocenters. The molecule has 2 rings (SSSR count). The first-order valence-electron chi connectivity index (χ1n) is 8.67. The van der Waals surface area contributed by atoms with Crippen molar-refractivity contribution < 1.29 is 12.8 Å². The summed E-state index contributed by atoms with van der Waals surface area (Å²) in [4.78, 5) is 4.38. The number of aliphatic imine (C=N–C) groups is 1. The lowest BCUT2D eigenvalue weighted by Gasteiger charge is -2.18. The Kier molecular flexibility index (Phi) is 7.76. The average molecular weight is 413 g/mol. The van der Waals surface area contributed by atoms with E-state index in [-0.39, 0.29) is 29.2 Å². The normalized spacial score (nSPS) is 13.4. The van der Waals surface area contributed by atoms with Crippen molar-refractivity contribution in [1.82, 2.24) is 15.4 Å². The largest absolute Gasteiger partial charge is 0.357 e. The molecule has 2 aromatic rings. The molecule has 0 radical (unpaired) electrons. The molecule has 9 heteroatoms. The number of nitrogens with zero attached hydrogens (tertiary/aromatic N) is 1. The maximum Gasteiger partial charge on any atom is 0.250 e. The second kappa shape index (κ2) is 9.82. The minimum absolute atomic E-state index is 0.152. The van der Waals surface area contributed by atoms with Crippen LogP contribution in [0.4, 0.5) is 4.39 Å². The molecule has 0 bridgehead atoms. The highest BCUT2D eigenvalue weighted by molar-refractivity contribution is 7.91. The monoisotopic (exact) mass is 412 g/mol. The van der Waals surface area contributed by atoms with E-state index in [9.17, 15) is 12.8 Å². The summed E-state index contributed by atoms with van der Waals surface area (Å²) in [5, 5.41) is 8.03. The summed E-state index contributed by atoms with van der Waals surface area (Å²) in [6.45, 7) is 6.68. The molecule has 0 aliphatic rings. The molecule has 1 aromatic carbocycles. The van der Waals surface area contributed by atoms with E-state index in [1.165, 1.54) is 17.4 Å². The molecule has 0 amide bonds. The number of hydrogen-bond acceptors (Lipinski definition) is 4. The van der Waals surface area contributed by atoms with Crippen LogP contribution in [0.25, 0.3) is 0 Å². The van der Waals surface area contributed by atoms with Crippen LogP contribution in [0.3, 0.4) is 0 Å². The molecule has 3 N–H and O–H groups in total. The zero-order valence-electron chi connectivity index (χ0n) is 15.6. The number of aryl methyl sites for hydroxylation is 1. The van der Waals surface area contributed by atoms with E-state index in [1.54, 1.807) is 30.5 Å². The third-order valence-electron chi connectivity index (χ3n) is 3.83. The van der Waals surface area contributed by atoms with E-state index in [1.807, 2.05) is 19.9 Å². The first-order chi connectivity index (χ1) is 12.8. The molecule has 6 nitrogen and oxygen atoms in total. The first kappa shape index (κ1) is 21.3. The molecule has 0 spiro atoms. The Morgan fingerprint density at radius 1 is 1.33 bits per heavy atom. The van der Waals surface area contributed by atoms with Crippen LogP contribution in [0.2, 0.25) is 0 Å². The van der Waals surface area contributed by atoms with Gasteiger partial charge in [0.25, 0.3) is 0 Å². The smallest absolute Gasteiger partial charge is 0.250 e. The van der Waals surface area contributed by atoms with Crippen molar-refractivity contribution in [3.05, 3.63) is 52.7 Å². The average Bonchev–Trinajstić information content (AvgIpc) is 3.16. The molecule has 1 aromatic heterocycles. The van der Waals surface area contributed by atoms with Crippen LogP contribution in [0.15, 0.2) is 44.9 Å². The number of halogens is 1. The standard InChI is InChI=1S/C18H25FN4O2S2/c1-4-20-18(23-14(3)15-8-7-13(2)16(19)12-15)21-9-10-22-27(24,25)17-6-5-11-26-17/h5-8,11-12,14,22H,4,9-10H2,1-3H3,(H2,20,21,23). The van der Waals surface area contributed by atoms with Crippen LogP contribution in [0, 0.1) is 12.7 Å². The maximum atomic E-state index is 13.8. The molecule has 0 aliphatic carbocycles. The van der Waals surface area contributed by atoms with E-state index < -0.39 is 10.0 Å². The minimum Gasteiger partial charge on any atom is -0.357 e. The lowest BCUT2D eigenvalue weighted by molar-refractivity contribution is 0.584. The summed E-state index contributed by atoms with van der Waals surface area (Å²) in [7, 11) is -3.49. The highest BCUT2D eigenvalue weighted by atomic mass is 32.2. The molecule has 1 heterocycles. The first-order valence-corrected chi connectivity index (χ1v) is 11.0. The minimum atomic E-state index is -3.49. The fraction of sp³-hybridized carbons (Fsp3) is 0.389. The van der Waals surface area contributed by atoms with E-state index >= 15 is 0 Å². The van der Waals surface area contributed by atoms with Gasteiger partial charge in [-0.05, 0) is 49.4 Å². The quantitative estimate of drug-likeness (QED) is 0.354. The van der Waals surface area contributed by atoms with Crippen molar-refractivity contribution in [3.8, 4) is 0 Å². The van der Waals surface area contributed by atoms with Crippen LogP contribution < -0.4 is 15.4 Å². The van der Waals surface area contributed by atoms with Crippen LogP contribution in [0.1, 0.15) is 31.0 Å². The Morgan fingerprint density at radius 2 is 2.11 bits per heavy atom. The van der Waals surface area contributed by atoms with Crippen molar-refractivity contribution in [3.63, 3.8) is 0 Å². The summed E-state index contributed by atoms with van der Waals surface area (Å²) < 4.78 is 40.7. The van der Waals surface area contributed by atoms with E-state index in [0.29, 0.717) is 18.1 Å². The van der Waals surface area contributed by atoms with E-state index in [4.69, 9.17) is 0 Å². The number of thiophene rings is 1. The van der Waals surface area contributed by atoms with Gasteiger partial charge in [-0.15, -0.1) is 11.3 Å². The fourth-order valence-corrected chi connectivity index (χ4v) is 4.38. The molecular weight excluding hydrogens is 387 g/mol. The van der Waals surface area contributed by atoms with Gasteiger partial charge in [-0.25, -0.2) is 17.5 Å². The Labute approximate surface area is 164 Å². The fourth-order valence-electron chi connectivity index (χ4n) is 2.32. The summed E-state index contributed by atoms with van der Waals surface area (Å²) in [5.41, 5.74) is 1.41. The summed E-state index contributed by atoms with van der Waals surface area (Å²) in [6.07, 6.45) is 0. The number of hydrogen-bond donors (Lipinski definition) is 3. The second-order valence-corrected chi connectivity index (χ2v) is 8.91. The predicted molar refractivity (Wildman–Crippen MR) is 108 cm³/mol. The van der Waals surface area contributed by atoms with Gasteiger partial charge in [-0.3, -0.25) is 4.99 Å². The van der Waals surface area contributed by atoms with Gasteiger partial charge < -0.3 is 10.6 Å². The molecule has 0 saturated heterocycles. The topological polar surface area (TPSA) is 82.6 Å². The van der Waals surface area contributed by atoms with Crippen molar-refractivity contribution in [2.75, 3.05) is 19.6 Å². The Morgan fingerprint density at radius 3 is 2.74 bits per heavy atom. The van der Waals surface area contributed by atoms with Gasteiger partial charge in [0.05, 0.1) is 12.6 Å². The lowest BCUT2D eigenvalue weighted by atomic mass is 10.1. The Balaban J connectivity index is 1.94. The third-order valence-corrected chi connectivity index (χ3v) is 6.69. The number of benzene rings is 1. The molecule has 1 atom stereocenters. The lowest BCUT2D eigenvalue weighted by Crippen LogP contribution is -2.39. The maximum absolute atomic E-state index is 13.8. The van der Waals surface area contributed by atoms with Crippen LogP contribution >= 0.6 is 11.3 Å². The molecule has 0 aliphatic heterocycles. The zero-order valence-corrected chi connectivity index (χ0v) is 17.3. The highest BCUT2D eigenvalue weighted by Crippen LogP contribution is 2.16. The van der Waals surface area contributed by atoms with Crippen molar-refractivity contribution in [2.45, 2.75) is 31.0 Å². The van der Waals surface area contributed by atoms with Crippen LogP contribution in [-0.4, -0.2) is 34.0 Å². The van der Waals surface area contributed by atoms with Crippen molar-refractivity contribution in [2.24, 2.45) is 4.99 Å². The SMILES string of the molecule is CCNC(=NCCNS(=O)(=O)c1cccs1)NC(C)c1ccc(C)c(F)c1. The van der Waals surface area contributed by atoms with Crippen molar-refractivity contribution >= 4 is 27.3 Å². The number of nitrogens with one attached hydrogen (secondary N) is 3. The van der Waals surface area contributed by atoms with Gasteiger partial charge in [-0.2, -0.15) is 0 Å². The van der Waals surface area contributed by atoms with Gasteiger partial charge in [0.2, 0.25) is 10.0 Å². The molecule has 0 saturated carbocycles. The Bertz CT molecular complexity index is 867. The van der Waals surface area contributed by atoms with Gasteiger partial charge in [0, 0.05) is 13.1 Å². The highest BCUT2D eigenvalue weighted by Gasteiger charge is 2.14. The number of rotatable bonds is 8. The Hall–Kier alpha value is -1.97. The van der Waals surface area contributed by atoms with Gasteiger partial charge >= 0.3 is 0 Å². The summed E-state index contributed by atoms with van der Waals surface area (Å²) in [6, 6.07) is 8.22. The van der Waals surface area contributed by atoms with Gasteiger partial charge in [0.1, 0.15) is 10.0 Å². The molecule has 27 heavy (non-hydrogen) atoms. The summed E-state index contributed by atoms with van der Waals surface area (Å²) >= 11 is 1.17. The molecular formula is C18H25FN4O2S2.